The smallest absolute Gasteiger partial charge is 0.274 e. The highest BCUT2D eigenvalue weighted by Gasteiger charge is 2.46. The number of rotatable bonds is 4. The van der Waals surface area contributed by atoms with Crippen LogP contribution in [0.3, 0.4) is 0 Å². The molecule has 7 heteroatoms. The first kappa shape index (κ1) is 14.2. The summed E-state index contributed by atoms with van der Waals surface area (Å²) in [5.41, 5.74) is 1.43. The van der Waals surface area contributed by atoms with Crippen LogP contribution in [-0.4, -0.2) is 49.3 Å². The molecule has 5 rings (SSSR count). The monoisotopic (exact) mass is 326 g/mol. The normalized spacial score (nSPS) is 27.0. The Kier molecular flexibility index (Phi) is 3.05. The Balaban J connectivity index is 1.38. The molecule has 3 heterocycles. The molecule has 2 saturated carbocycles. The lowest BCUT2D eigenvalue weighted by Crippen LogP contribution is -2.29. The Hall–Kier alpha value is -2.18. The number of hydrogen-bond donors (Lipinski definition) is 2. The van der Waals surface area contributed by atoms with Gasteiger partial charge in [-0.1, -0.05) is 0 Å². The number of aromatic amines is 2. The van der Waals surface area contributed by atoms with Gasteiger partial charge in [-0.2, -0.15) is 10.2 Å². The molecule has 0 spiro atoms. The number of carbonyl (C=O) groups is 1. The van der Waals surface area contributed by atoms with Gasteiger partial charge in [0, 0.05) is 30.6 Å². The van der Waals surface area contributed by atoms with Crippen molar-refractivity contribution < 1.29 is 4.79 Å². The third kappa shape index (κ3) is 2.42. The Morgan fingerprint density at radius 3 is 2.67 bits per heavy atom. The maximum Gasteiger partial charge on any atom is 0.274 e. The Bertz CT molecular complexity index is 772. The summed E-state index contributed by atoms with van der Waals surface area (Å²) in [5.74, 6) is 4.02. The molecule has 3 fully saturated rings. The van der Waals surface area contributed by atoms with Crippen molar-refractivity contribution in [1.82, 2.24) is 30.3 Å². The molecule has 0 aromatic carbocycles. The minimum absolute atomic E-state index is 0.0226. The van der Waals surface area contributed by atoms with Crippen LogP contribution in [0.4, 0.5) is 0 Å². The van der Waals surface area contributed by atoms with E-state index in [1.54, 1.807) is 0 Å². The fourth-order valence-electron chi connectivity index (χ4n) is 3.95. The molecule has 7 nitrogen and oxygen atoms in total. The Morgan fingerprint density at radius 2 is 2.00 bits per heavy atom. The van der Waals surface area contributed by atoms with Crippen molar-refractivity contribution in [3.05, 3.63) is 29.1 Å². The highest BCUT2D eigenvalue weighted by Crippen LogP contribution is 2.47. The summed E-state index contributed by atoms with van der Waals surface area (Å²) >= 11 is 0. The van der Waals surface area contributed by atoms with Crippen LogP contribution in [0, 0.1) is 18.8 Å². The van der Waals surface area contributed by atoms with Crippen LogP contribution in [0.25, 0.3) is 0 Å². The third-order valence-corrected chi connectivity index (χ3v) is 5.62. The summed E-state index contributed by atoms with van der Waals surface area (Å²) < 4.78 is 0. The summed E-state index contributed by atoms with van der Waals surface area (Å²) in [6.07, 6.45) is 4.96. The standard InChI is InChI=1S/C17H22N6O/c1-9-6-14(20-19-9)17(24)23-7-12(10-2-3-10)13(8-23)16-18-15(21-22-16)11-4-5-11/h6,10-13H,2-5,7-8H2,1H3,(H,19,20)(H,18,21,22)/t12-,13+/m1/s1. The van der Waals surface area contributed by atoms with Gasteiger partial charge in [-0.05, 0) is 50.5 Å². The van der Waals surface area contributed by atoms with E-state index in [-0.39, 0.29) is 11.8 Å². The number of aryl methyl sites for hydroxylation is 1. The molecular weight excluding hydrogens is 304 g/mol. The molecule has 126 valence electrons. The van der Waals surface area contributed by atoms with Crippen molar-refractivity contribution in [2.45, 2.75) is 44.4 Å². The lowest BCUT2D eigenvalue weighted by atomic mass is 9.91. The molecule has 24 heavy (non-hydrogen) atoms. The first-order valence-corrected chi connectivity index (χ1v) is 8.92. The van der Waals surface area contributed by atoms with Crippen LogP contribution in [-0.2, 0) is 0 Å². The van der Waals surface area contributed by atoms with Crippen molar-refractivity contribution in [2.24, 2.45) is 11.8 Å². The number of nitrogens with zero attached hydrogens (tertiary/aromatic N) is 4. The van der Waals surface area contributed by atoms with Crippen molar-refractivity contribution in [3.63, 3.8) is 0 Å². The molecule has 1 amide bonds. The fourth-order valence-corrected chi connectivity index (χ4v) is 3.95. The van der Waals surface area contributed by atoms with Crippen molar-refractivity contribution >= 4 is 5.91 Å². The van der Waals surface area contributed by atoms with Crippen LogP contribution >= 0.6 is 0 Å². The Labute approximate surface area is 140 Å². The number of nitrogens with one attached hydrogen (secondary N) is 2. The summed E-state index contributed by atoms with van der Waals surface area (Å²) in [6.45, 7) is 3.43. The van der Waals surface area contributed by atoms with Crippen molar-refractivity contribution in [1.29, 1.82) is 0 Å². The molecule has 0 unspecified atom stereocenters. The minimum Gasteiger partial charge on any atom is -0.336 e. The summed E-state index contributed by atoms with van der Waals surface area (Å²) in [7, 11) is 0. The molecule has 0 radical (unpaired) electrons. The second kappa shape index (κ2) is 5.16. The SMILES string of the molecule is Cc1cc(C(=O)N2C[C@H](c3nc(C4CC4)n[nH]3)[C@@H](C3CC3)C2)n[nH]1. The number of hydrogen-bond acceptors (Lipinski definition) is 4. The van der Waals surface area contributed by atoms with Gasteiger partial charge in [-0.25, -0.2) is 4.98 Å². The molecule has 1 saturated heterocycles. The van der Waals surface area contributed by atoms with E-state index in [2.05, 4.69) is 20.4 Å². The molecule has 2 aromatic rings. The van der Waals surface area contributed by atoms with Gasteiger partial charge in [-0.3, -0.25) is 15.0 Å². The average molecular weight is 326 g/mol. The fraction of sp³-hybridized carbons (Fsp3) is 0.647. The first-order chi connectivity index (χ1) is 11.7. The van der Waals surface area contributed by atoms with E-state index in [0.717, 1.165) is 29.8 Å². The molecule has 1 aliphatic heterocycles. The van der Waals surface area contributed by atoms with E-state index in [1.807, 2.05) is 17.9 Å². The summed E-state index contributed by atoms with van der Waals surface area (Å²) in [4.78, 5) is 19.5. The largest absolute Gasteiger partial charge is 0.336 e. The lowest BCUT2D eigenvalue weighted by molar-refractivity contribution is 0.0779. The molecule has 2 aromatic heterocycles. The summed E-state index contributed by atoms with van der Waals surface area (Å²) in [6, 6.07) is 1.82. The third-order valence-electron chi connectivity index (χ3n) is 5.62. The predicted octanol–water partition coefficient (Wildman–Crippen LogP) is 1.98. The summed E-state index contributed by atoms with van der Waals surface area (Å²) in [5, 5.41) is 14.6. The predicted molar refractivity (Wildman–Crippen MR) is 86.5 cm³/mol. The van der Waals surface area contributed by atoms with Gasteiger partial charge in [0.05, 0.1) is 0 Å². The highest BCUT2D eigenvalue weighted by molar-refractivity contribution is 5.92. The second-order valence-corrected chi connectivity index (χ2v) is 7.61. The van der Waals surface area contributed by atoms with Crippen LogP contribution in [0.5, 0.6) is 0 Å². The minimum atomic E-state index is 0.0226. The second-order valence-electron chi connectivity index (χ2n) is 7.61. The number of carbonyl (C=O) groups excluding carboxylic acids is 1. The van der Waals surface area contributed by atoms with Crippen molar-refractivity contribution in [2.75, 3.05) is 13.1 Å². The van der Waals surface area contributed by atoms with Gasteiger partial charge in [0.15, 0.2) is 5.82 Å². The van der Waals surface area contributed by atoms with E-state index < -0.39 is 0 Å². The van der Waals surface area contributed by atoms with Crippen LogP contribution in [0.15, 0.2) is 6.07 Å². The zero-order valence-corrected chi connectivity index (χ0v) is 13.8. The zero-order chi connectivity index (χ0) is 16.3. The van der Waals surface area contributed by atoms with Crippen LogP contribution < -0.4 is 0 Å². The Morgan fingerprint density at radius 1 is 1.17 bits per heavy atom. The number of aromatic nitrogens is 5. The maximum absolute atomic E-state index is 12.7. The van der Waals surface area contributed by atoms with E-state index in [9.17, 15) is 4.79 Å². The van der Waals surface area contributed by atoms with Crippen LogP contribution in [0.2, 0.25) is 0 Å². The zero-order valence-electron chi connectivity index (χ0n) is 13.8. The number of H-pyrrole nitrogens is 2. The van der Waals surface area contributed by atoms with Gasteiger partial charge in [0.2, 0.25) is 0 Å². The molecule has 3 aliphatic rings. The number of likely N-dealkylation sites (tertiary alicyclic amines) is 1. The molecule has 0 bridgehead atoms. The topological polar surface area (TPSA) is 90.6 Å². The van der Waals surface area contributed by atoms with E-state index in [1.165, 1.54) is 25.7 Å². The van der Waals surface area contributed by atoms with E-state index >= 15 is 0 Å². The van der Waals surface area contributed by atoms with E-state index in [4.69, 9.17) is 4.98 Å². The first-order valence-electron chi connectivity index (χ1n) is 8.92. The maximum atomic E-state index is 12.7. The molecule has 2 atom stereocenters. The van der Waals surface area contributed by atoms with Crippen molar-refractivity contribution in [3.8, 4) is 0 Å². The van der Waals surface area contributed by atoms with Gasteiger partial charge in [0.1, 0.15) is 11.5 Å². The molecule has 2 N–H and O–H groups in total. The van der Waals surface area contributed by atoms with Crippen LogP contribution in [0.1, 0.15) is 65.4 Å². The van der Waals surface area contributed by atoms with Gasteiger partial charge in [0.25, 0.3) is 5.91 Å². The average Bonchev–Trinajstić information content (AvgIpc) is 3.47. The number of amides is 1. The highest BCUT2D eigenvalue weighted by atomic mass is 16.2. The quantitative estimate of drug-likeness (QED) is 0.899. The van der Waals surface area contributed by atoms with E-state index in [0.29, 0.717) is 24.1 Å². The molecule has 2 aliphatic carbocycles. The lowest BCUT2D eigenvalue weighted by Gasteiger charge is -2.14. The van der Waals surface area contributed by atoms with Gasteiger partial charge in [-0.15, -0.1) is 0 Å². The van der Waals surface area contributed by atoms with Gasteiger partial charge < -0.3 is 4.90 Å². The molecular formula is C17H22N6O. The van der Waals surface area contributed by atoms with Gasteiger partial charge >= 0.3 is 0 Å².